The Kier molecular flexibility index (Phi) is 12.0. The van der Waals surface area contributed by atoms with Gasteiger partial charge in [-0.3, -0.25) is 9.69 Å². The van der Waals surface area contributed by atoms with Gasteiger partial charge in [0.2, 0.25) is 0 Å². The number of unbranched alkanes of at least 4 members (excludes halogenated alkanes) is 4. The molecule has 0 saturated carbocycles. The molecule has 3 atom stereocenters. The van der Waals surface area contributed by atoms with Gasteiger partial charge in [-0.25, -0.2) is 4.79 Å². The van der Waals surface area contributed by atoms with E-state index in [1.165, 1.54) is 30.4 Å². The summed E-state index contributed by atoms with van der Waals surface area (Å²) in [5.41, 5.74) is 3.02. The van der Waals surface area contributed by atoms with E-state index in [1.807, 2.05) is 42.5 Å². The van der Waals surface area contributed by atoms with Crippen LogP contribution in [-0.4, -0.2) is 42.1 Å². The van der Waals surface area contributed by atoms with Crippen molar-refractivity contribution in [2.45, 2.75) is 77.5 Å². The normalized spacial score (nSPS) is 19.0. The second-order valence-corrected chi connectivity index (χ2v) is 11.8. The van der Waals surface area contributed by atoms with Crippen molar-refractivity contribution >= 4 is 11.9 Å². The predicted molar refractivity (Wildman–Crippen MR) is 171 cm³/mol. The summed E-state index contributed by atoms with van der Waals surface area (Å²) in [5.74, 6) is 0.134. The lowest BCUT2D eigenvalue weighted by molar-refractivity contribution is 0.00762. The van der Waals surface area contributed by atoms with Crippen LogP contribution in [0.3, 0.4) is 0 Å². The van der Waals surface area contributed by atoms with Gasteiger partial charge in [-0.05, 0) is 42.0 Å². The maximum absolute atomic E-state index is 13.4. The maximum atomic E-state index is 13.4. The van der Waals surface area contributed by atoms with Crippen molar-refractivity contribution in [1.29, 1.82) is 0 Å². The highest BCUT2D eigenvalue weighted by Gasteiger charge is 2.44. The molecule has 1 saturated heterocycles. The fourth-order valence-corrected chi connectivity index (χ4v) is 6.33. The highest BCUT2D eigenvalue weighted by Crippen LogP contribution is 2.38. The van der Waals surface area contributed by atoms with Crippen molar-refractivity contribution in [3.8, 4) is 0 Å². The van der Waals surface area contributed by atoms with E-state index < -0.39 is 0 Å². The molecule has 3 unspecified atom stereocenters. The number of hydrogen-bond donors (Lipinski definition) is 3. The highest BCUT2D eigenvalue weighted by atomic mass is 16.2. The van der Waals surface area contributed by atoms with Gasteiger partial charge in [0.25, 0.3) is 5.91 Å². The average molecular weight is 569 g/mol. The zero-order chi connectivity index (χ0) is 29.7. The number of likely N-dealkylation sites (tertiary alicyclic amines) is 1. The molecule has 6 nitrogen and oxygen atoms in total. The Morgan fingerprint density at radius 3 is 1.93 bits per heavy atom. The minimum Gasteiger partial charge on any atom is -0.349 e. The van der Waals surface area contributed by atoms with Crippen LogP contribution in [0.4, 0.5) is 4.79 Å². The van der Waals surface area contributed by atoms with Crippen molar-refractivity contribution in [3.05, 3.63) is 108 Å². The molecular weight excluding hydrogens is 520 g/mol. The van der Waals surface area contributed by atoms with Crippen LogP contribution in [0.2, 0.25) is 0 Å². The van der Waals surface area contributed by atoms with Crippen LogP contribution in [0.25, 0.3) is 0 Å². The number of carbonyl (C=O) groups is 2. The second-order valence-electron chi connectivity index (χ2n) is 11.8. The molecule has 1 heterocycles. The zero-order valence-electron chi connectivity index (χ0n) is 25.5. The topological polar surface area (TPSA) is 73.5 Å². The quantitative estimate of drug-likeness (QED) is 0.192. The standard InChI is InChI=1S/C36H48N4O2/c1-4-5-6-7-17-25-37-36(42)39-34-32(27(2)3)31(38-35(41)30-22-15-10-16-23-30)24-26-40(34)33(28-18-11-8-12-19-28)29-20-13-9-14-21-29/h8-16,18-23,27,31-34H,4-7,17,24-26H2,1-3H3,(H,38,41)(H2,37,39,42). The van der Waals surface area contributed by atoms with Crippen molar-refractivity contribution in [3.63, 3.8) is 0 Å². The lowest BCUT2D eigenvalue weighted by Crippen LogP contribution is -2.65. The SMILES string of the molecule is CCCCCCCNC(=O)NC1C(C(C)C)C(NC(=O)c2ccccc2)CCN1C(c1ccccc1)c1ccccc1. The van der Waals surface area contributed by atoms with E-state index in [2.05, 4.69) is 90.2 Å². The van der Waals surface area contributed by atoms with Crippen LogP contribution in [0.5, 0.6) is 0 Å². The molecule has 3 N–H and O–H groups in total. The van der Waals surface area contributed by atoms with Gasteiger partial charge in [0, 0.05) is 30.6 Å². The van der Waals surface area contributed by atoms with Gasteiger partial charge in [-0.2, -0.15) is 0 Å². The van der Waals surface area contributed by atoms with Gasteiger partial charge in [0.1, 0.15) is 0 Å². The van der Waals surface area contributed by atoms with E-state index in [-0.39, 0.29) is 42.0 Å². The molecule has 42 heavy (non-hydrogen) atoms. The summed E-state index contributed by atoms with van der Waals surface area (Å²) >= 11 is 0. The molecule has 4 rings (SSSR count). The minimum atomic E-state index is -0.287. The van der Waals surface area contributed by atoms with Crippen molar-refractivity contribution < 1.29 is 9.59 Å². The monoisotopic (exact) mass is 568 g/mol. The molecule has 0 radical (unpaired) electrons. The number of hydrogen-bond acceptors (Lipinski definition) is 3. The van der Waals surface area contributed by atoms with Gasteiger partial charge < -0.3 is 16.0 Å². The lowest BCUT2D eigenvalue weighted by atomic mass is 9.78. The van der Waals surface area contributed by atoms with E-state index in [0.717, 1.165) is 25.8 Å². The zero-order valence-corrected chi connectivity index (χ0v) is 25.5. The summed E-state index contributed by atoms with van der Waals surface area (Å²) in [6, 6.07) is 30.2. The number of amides is 3. The van der Waals surface area contributed by atoms with Crippen LogP contribution >= 0.6 is 0 Å². The minimum absolute atomic E-state index is 0.00311. The first-order chi connectivity index (χ1) is 20.5. The van der Waals surface area contributed by atoms with E-state index in [1.54, 1.807) is 0 Å². The Labute approximate surface area is 252 Å². The molecule has 3 amide bonds. The van der Waals surface area contributed by atoms with Gasteiger partial charge >= 0.3 is 6.03 Å². The van der Waals surface area contributed by atoms with Gasteiger partial charge in [-0.15, -0.1) is 0 Å². The van der Waals surface area contributed by atoms with E-state index >= 15 is 0 Å². The molecule has 3 aromatic carbocycles. The summed E-state index contributed by atoms with van der Waals surface area (Å²) < 4.78 is 0. The third-order valence-corrected chi connectivity index (χ3v) is 8.41. The van der Waals surface area contributed by atoms with Crippen molar-refractivity contribution in [2.24, 2.45) is 11.8 Å². The first-order valence-electron chi connectivity index (χ1n) is 15.8. The van der Waals surface area contributed by atoms with E-state index in [0.29, 0.717) is 12.1 Å². The number of carbonyl (C=O) groups excluding carboxylic acids is 2. The molecule has 0 spiro atoms. The van der Waals surface area contributed by atoms with Gasteiger partial charge in [0.05, 0.1) is 12.2 Å². The lowest BCUT2D eigenvalue weighted by Gasteiger charge is -2.50. The van der Waals surface area contributed by atoms with Crippen LogP contribution < -0.4 is 16.0 Å². The van der Waals surface area contributed by atoms with Crippen molar-refractivity contribution in [1.82, 2.24) is 20.9 Å². The summed E-state index contributed by atoms with van der Waals surface area (Å²) in [6.45, 7) is 7.97. The van der Waals surface area contributed by atoms with Crippen molar-refractivity contribution in [2.75, 3.05) is 13.1 Å². The van der Waals surface area contributed by atoms with Gasteiger partial charge in [-0.1, -0.05) is 125 Å². The highest BCUT2D eigenvalue weighted by molar-refractivity contribution is 5.94. The summed E-state index contributed by atoms with van der Waals surface area (Å²) in [4.78, 5) is 29.1. The third-order valence-electron chi connectivity index (χ3n) is 8.41. The second kappa shape index (κ2) is 16.1. The maximum Gasteiger partial charge on any atom is 0.316 e. The van der Waals surface area contributed by atoms with Crippen LogP contribution in [0.15, 0.2) is 91.0 Å². The average Bonchev–Trinajstić information content (AvgIpc) is 3.01. The van der Waals surface area contributed by atoms with Gasteiger partial charge in [0.15, 0.2) is 0 Å². The number of urea groups is 1. The molecule has 1 aliphatic heterocycles. The molecule has 0 bridgehead atoms. The fraction of sp³-hybridized carbons (Fsp3) is 0.444. The smallest absolute Gasteiger partial charge is 0.316 e. The Bertz CT molecular complexity index is 1180. The molecule has 1 fully saturated rings. The number of nitrogens with zero attached hydrogens (tertiary/aromatic N) is 1. The number of rotatable bonds is 13. The Hall–Kier alpha value is -3.64. The summed E-state index contributed by atoms with van der Waals surface area (Å²) in [5, 5.41) is 9.86. The van der Waals surface area contributed by atoms with Crippen LogP contribution in [0, 0.1) is 11.8 Å². The molecule has 224 valence electrons. The molecule has 6 heteroatoms. The predicted octanol–water partition coefficient (Wildman–Crippen LogP) is 7.15. The fourth-order valence-electron chi connectivity index (χ4n) is 6.33. The third kappa shape index (κ3) is 8.45. The summed E-state index contributed by atoms with van der Waals surface area (Å²) in [7, 11) is 0. The molecular formula is C36H48N4O2. The first kappa shape index (κ1) is 31.3. The summed E-state index contributed by atoms with van der Waals surface area (Å²) in [6.07, 6.45) is 6.23. The largest absolute Gasteiger partial charge is 0.349 e. The molecule has 3 aromatic rings. The molecule has 0 aromatic heterocycles. The number of nitrogens with one attached hydrogen (secondary N) is 3. The van der Waals surface area contributed by atoms with Crippen LogP contribution in [-0.2, 0) is 0 Å². The molecule has 0 aliphatic carbocycles. The number of piperidine rings is 1. The Balaban J connectivity index is 1.63. The van der Waals surface area contributed by atoms with Crippen LogP contribution in [0.1, 0.15) is 86.8 Å². The van der Waals surface area contributed by atoms with E-state index in [4.69, 9.17) is 0 Å². The molecule has 1 aliphatic rings. The Morgan fingerprint density at radius 1 is 0.786 bits per heavy atom. The first-order valence-corrected chi connectivity index (χ1v) is 15.8. The van der Waals surface area contributed by atoms with E-state index in [9.17, 15) is 9.59 Å². The number of benzene rings is 3. The Morgan fingerprint density at radius 2 is 1.36 bits per heavy atom.